The maximum Gasteiger partial charge on any atom is 0.262 e. The lowest BCUT2D eigenvalue weighted by atomic mass is 9.77. The molecule has 0 bridgehead atoms. The number of alkyl halides is 1. The van der Waals surface area contributed by atoms with Gasteiger partial charge in [-0.2, -0.15) is 0 Å². The quantitative estimate of drug-likeness (QED) is 0.266. The molecule has 6 heterocycles. The molecule has 15 heteroatoms. The Bertz CT molecular complexity index is 2240. The van der Waals surface area contributed by atoms with E-state index in [4.69, 9.17) is 18.2 Å². The highest BCUT2D eigenvalue weighted by Crippen LogP contribution is 2.44. The van der Waals surface area contributed by atoms with Gasteiger partial charge in [-0.25, -0.2) is 9.24 Å². The molecular formula is C43H44ClFN8O5. The molecule has 1 unspecified atom stereocenters. The molecule has 0 saturated carbocycles. The van der Waals surface area contributed by atoms with Crippen molar-refractivity contribution in [3.63, 3.8) is 0 Å². The van der Waals surface area contributed by atoms with E-state index in [1.165, 1.54) is 0 Å². The summed E-state index contributed by atoms with van der Waals surface area (Å²) in [4.78, 5) is 78.7. The van der Waals surface area contributed by atoms with Crippen LogP contribution in [0.25, 0.3) is 4.85 Å². The Hall–Kier alpha value is -5.52. The summed E-state index contributed by atoms with van der Waals surface area (Å²) in [5.41, 5.74) is 3.09. The third-order valence-corrected chi connectivity index (χ3v) is 13.4. The SMILES string of the molecule is [C-]#[N+]c1ccc(N2CCC3(CCN(c4ccc(C(=O)N5CCN(CC6(F)CN(c7ccc8c(c7)C(=O)N(C7CCC(=O)NC7=O)C8=O)C6)CC5)cc4)CC3)C2)cc1Cl. The molecule has 13 nitrogen and oxygen atoms in total. The number of fused-ring (bicyclic) bond motifs is 1. The van der Waals surface area contributed by atoms with Crippen molar-refractivity contribution in [2.75, 3.05) is 86.7 Å². The van der Waals surface area contributed by atoms with Crippen molar-refractivity contribution >= 4 is 63.9 Å². The highest BCUT2D eigenvalue weighted by Gasteiger charge is 2.48. The summed E-state index contributed by atoms with van der Waals surface area (Å²) in [5, 5.41) is 2.70. The van der Waals surface area contributed by atoms with Crippen LogP contribution in [-0.4, -0.2) is 128 Å². The van der Waals surface area contributed by atoms with Gasteiger partial charge in [0.2, 0.25) is 17.5 Å². The Kier molecular flexibility index (Phi) is 9.63. The molecule has 0 aromatic heterocycles. The summed E-state index contributed by atoms with van der Waals surface area (Å²) >= 11 is 6.33. The van der Waals surface area contributed by atoms with E-state index in [2.05, 4.69) is 24.9 Å². The minimum absolute atomic E-state index is 0.0232. The fourth-order valence-corrected chi connectivity index (χ4v) is 9.89. The number of anilines is 3. The molecule has 5 saturated heterocycles. The maximum absolute atomic E-state index is 16.0. The van der Waals surface area contributed by atoms with Crippen molar-refractivity contribution in [2.45, 2.75) is 43.8 Å². The zero-order valence-electron chi connectivity index (χ0n) is 32.1. The van der Waals surface area contributed by atoms with E-state index >= 15 is 4.39 Å². The van der Waals surface area contributed by atoms with Gasteiger partial charge >= 0.3 is 0 Å². The van der Waals surface area contributed by atoms with Crippen LogP contribution in [0.15, 0.2) is 60.7 Å². The number of halogens is 2. The number of nitrogens with zero attached hydrogens (tertiary/aromatic N) is 7. The first-order valence-electron chi connectivity index (χ1n) is 20.0. The summed E-state index contributed by atoms with van der Waals surface area (Å²) < 4.78 is 16.0. The van der Waals surface area contributed by atoms with Crippen LogP contribution in [0.2, 0.25) is 5.02 Å². The summed E-state index contributed by atoms with van der Waals surface area (Å²) in [7, 11) is 0. The van der Waals surface area contributed by atoms with Crippen molar-refractivity contribution in [1.29, 1.82) is 0 Å². The number of benzene rings is 3. The maximum atomic E-state index is 16.0. The Morgan fingerprint density at radius 2 is 1.41 bits per heavy atom. The first-order chi connectivity index (χ1) is 27.9. The highest BCUT2D eigenvalue weighted by molar-refractivity contribution is 6.33. The fraction of sp³-hybridized carbons (Fsp3) is 0.442. The summed E-state index contributed by atoms with van der Waals surface area (Å²) in [6.07, 6.45) is 3.43. The van der Waals surface area contributed by atoms with Gasteiger partial charge in [0.15, 0.2) is 5.67 Å². The van der Waals surface area contributed by atoms with E-state index in [-0.39, 0.29) is 54.9 Å². The van der Waals surface area contributed by atoms with E-state index in [1.807, 2.05) is 46.2 Å². The van der Waals surface area contributed by atoms with Gasteiger partial charge in [-0.05, 0) is 85.7 Å². The Labute approximate surface area is 341 Å². The van der Waals surface area contributed by atoms with Gasteiger partial charge in [0.1, 0.15) is 6.04 Å². The highest BCUT2D eigenvalue weighted by atomic mass is 35.5. The number of carbonyl (C=O) groups is 5. The van der Waals surface area contributed by atoms with Crippen molar-refractivity contribution in [3.8, 4) is 0 Å². The monoisotopic (exact) mass is 806 g/mol. The van der Waals surface area contributed by atoms with Gasteiger partial charge in [-0.15, -0.1) is 0 Å². The predicted octanol–water partition coefficient (Wildman–Crippen LogP) is 4.78. The summed E-state index contributed by atoms with van der Waals surface area (Å²) in [6.45, 7) is 13.8. The molecule has 6 aliphatic rings. The smallest absolute Gasteiger partial charge is 0.262 e. The topological polar surface area (TPSA) is 121 Å². The molecule has 1 N–H and O–H groups in total. The van der Waals surface area contributed by atoms with Crippen LogP contribution in [0.4, 0.5) is 27.1 Å². The van der Waals surface area contributed by atoms with Gasteiger partial charge in [-0.1, -0.05) is 17.7 Å². The van der Waals surface area contributed by atoms with Crippen molar-refractivity contribution in [1.82, 2.24) is 20.0 Å². The number of carbonyl (C=O) groups excluding carboxylic acids is 5. The minimum Gasteiger partial charge on any atom is -0.371 e. The molecule has 0 radical (unpaired) electrons. The van der Waals surface area contributed by atoms with Crippen molar-refractivity contribution in [2.24, 2.45) is 5.41 Å². The van der Waals surface area contributed by atoms with Gasteiger partial charge in [0.05, 0.1) is 30.8 Å². The average molecular weight is 807 g/mol. The van der Waals surface area contributed by atoms with Crippen LogP contribution in [-0.2, 0) is 9.59 Å². The molecule has 3 aromatic rings. The van der Waals surface area contributed by atoms with E-state index < -0.39 is 35.3 Å². The number of hydrogen-bond donors (Lipinski definition) is 1. The van der Waals surface area contributed by atoms with E-state index in [0.717, 1.165) is 61.7 Å². The van der Waals surface area contributed by atoms with Crippen molar-refractivity contribution in [3.05, 3.63) is 93.8 Å². The van der Waals surface area contributed by atoms with Crippen LogP contribution in [0, 0.1) is 12.0 Å². The van der Waals surface area contributed by atoms with Crippen LogP contribution in [0.5, 0.6) is 0 Å². The first-order valence-corrected chi connectivity index (χ1v) is 20.4. The molecule has 6 aliphatic heterocycles. The van der Waals surface area contributed by atoms with Crippen LogP contribution in [0.1, 0.15) is 63.2 Å². The molecule has 9 rings (SSSR count). The molecule has 0 aliphatic carbocycles. The standard InChI is InChI=1S/C43H44ClFN8O5/c1-46-35-9-7-31(23-34(35)44)51-17-14-42(24-51)12-15-49(16-13-42)29-4-2-28(3-5-29)39(56)50-20-18-48(19-21-50)25-43(45)26-52(27-43)30-6-8-32-33(22-30)41(58)53(40(32)57)36-10-11-37(54)47-38(36)55/h2-9,22-23,36H,10-21,24-27H2,(H,47,54,55). The number of amides is 5. The molecule has 5 fully saturated rings. The number of piperazine rings is 1. The first kappa shape index (κ1) is 38.0. The largest absolute Gasteiger partial charge is 0.371 e. The Morgan fingerprint density at radius 3 is 2.09 bits per heavy atom. The molecule has 58 heavy (non-hydrogen) atoms. The third kappa shape index (κ3) is 6.94. The normalized spacial score (nSPS) is 22.9. The van der Waals surface area contributed by atoms with Gasteiger partial charge < -0.3 is 19.6 Å². The zero-order valence-corrected chi connectivity index (χ0v) is 32.8. The van der Waals surface area contributed by atoms with Crippen LogP contribution < -0.4 is 20.0 Å². The fourth-order valence-electron chi connectivity index (χ4n) is 9.67. The van der Waals surface area contributed by atoms with Crippen LogP contribution in [0.3, 0.4) is 0 Å². The Balaban J connectivity index is 0.729. The molecular weight excluding hydrogens is 763 g/mol. The summed E-state index contributed by atoms with van der Waals surface area (Å²) in [5.74, 6) is -2.28. The second-order valence-corrected chi connectivity index (χ2v) is 17.1. The molecule has 1 atom stereocenters. The lowest BCUT2D eigenvalue weighted by Gasteiger charge is -2.49. The number of rotatable bonds is 7. The number of hydrogen-bond acceptors (Lipinski definition) is 9. The second kappa shape index (κ2) is 14.7. The number of nitrogens with one attached hydrogen (secondary N) is 1. The third-order valence-electron chi connectivity index (χ3n) is 13.1. The van der Waals surface area contributed by atoms with Gasteiger partial charge in [0, 0.05) is 93.0 Å². The van der Waals surface area contributed by atoms with Crippen LogP contribution >= 0.6 is 11.6 Å². The van der Waals surface area contributed by atoms with Crippen molar-refractivity contribution < 1.29 is 28.4 Å². The zero-order chi connectivity index (χ0) is 40.3. The lowest BCUT2D eigenvalue weighted by Crippen LogP contribution is -2.65. The summed E-state index contributed by atoms with van der Waals surface area (Å²) in [6, 6.07) is 17.4. The average Bonchev–Trinajstić information content (AvgIpc) is 3.74. The molecule has 5 amide bonds. The molecule has 300 valence electrons. The lowest BCUT2D eigenvalue weighted by molar-refractivity contribution is -0.136. The predicted molar refractivity (Wildman–Crippen MR) is 216 cm³/mol. The number of imide groups is 2. The van der Waals surface area contributed by atoms with E-state index in [9.17, 15) is 24.0 Å². The van der Waals surface area contributed by atoms with Gasteiger partial charge in [0.25, 0.3) is 17.7 Å². The van der Waals surface area contributed by atoms with E-state index in [1.54, 1.807) is 24.3 Å². The second-order valence-electron chi connectivity index (χ2n) is 16.7. The Morgan fingerprint density at radius 1 is 0.776 bits per heavy atom. The molecule has 3 aromatic carbocycles. The van der Waals surface area contributed by atoms with E-state index in [0.29, 0.717) is 48.1 Å². The van der Waals surface area contributed by atoms with Gasteiger partial charge in [-0.3, -0.25) is 39.1 Å². The number of piperidine rings is 2. The molecule has 1 spiro atoms. The minimum atomic E-state index is -1.47.